The summed E-state index contributed by atoms with van der Waals surface area (Å²) in [6, 6.07) is 9.97. The van der Waals surface area contributed by atoms with Gasteiger partial charge in [0.25, 0.3) is 0 Å². The molecule has 1 aromatic carbocycles. The van der Waals surface area contributed by atoms with Crippen molar-refractivity contribution in [1.82, 2.24) is 9.78 Å². The van der Waals surface area contributed by atoms with E-state index in [9.17, 15) is 0 Å². The largest absolute Gasteiger partial charge is 0.487 e. The maximum absolute atomic E-state index is 5.72. The normalized spacial score (nSPS) is 10.9. The molecule has 0 amide bonds. The molecule has 0 bridgehead atoms. The standard InChI is InChI=1S/C14H19N3O/c1-10(2)11-5-4-6-13(7-11)18-9-12-8-14(15)17(3)16-12/h4-8,10H,9,15H2,1-3H3. The summed E-state index contributed by atoms with van der Waals surface area (Å²) in [5.41, 5.74) is 7.83. The number of aromatic nitrogens is 2. The summed E-state index contributed by atoms with van der Waals surface area (Å²) in [6.45, 7) is 4.77. The van der Waals surface area contributed by atoms with Crippen LogP contribution in [0.4, 0.5) is 5.82 Å². The van der Waals surface area contributed by atoms with Crippen LogP contribution in [0.3, 0.4) is 0 Å². The van der Waals surface area contributed by atoms with Crippen molar-refractivity contribution in [2.24, 2.45) is 7.05 Å². The summed E-state index contributed by atoms with van der Waals surface area (Å²) in [6.07, 6.45) is 0. The number of hydrogen-bond acceptors (Lipinski definition) is 3. The molecule has 0 spiro atoms. The van der Waals surface area contributed by atoms with E-state index in [-0.39, 0.29) is 0 Å². The van der Waals surface area contributed by atoms with Gasteiger partial charge in [0.2, 0.25) is 0 Å². The molecular weight excluding hydrogens is 226 g/mol. The maximum atomic E-state index is 5.72. The summed E-state index contributed by atoms with van der Waals surface area (Å²) in [4.78, 5) is 0. The fourth-order valence-corrected chi connectivity index (χ4v) is 1.73. The first-order valence-corrected chi connectivity index (χ1v) is 6.07. The molecule has 0 saturated carbocycles. The van der Waals surface area contributed by atoms with Crippen molar-refractivity contribution in [2.75, 3.05) is 5.73 Å². The number of ether oxygens (including phenoxy) is 1. The molecule has 0 aliphatic carbocycles. The van der Waals surface area contributed by atoms with Crippen LogP contribution in [0.25, 0.3) is 0 Å². The molecule has 1 heterocycles. The third-order valence-electron chi connectivity index (χ3n) is 2.88. The molecular formula is C14H19N3O. The fourth-order valence-electron chi connectivity index (χ4n) is 1.73. The molecule has 4 heteroatoms. The smallest absolute Gasteiger partial charge is 0.132 e. The molecule has 96 valence electrons. The Kier molecular flexibility index (Phi) is 3.55. The second-order valence-electron chi connectivity index (χ2n) is 4.70. The van der Waals surface area contributed by atoms with Crippen LogP contribution in [-0.2, 0) is 13.7 Å². The van der Waals surface area contributed by atoms with Crippen LogP contribution in [0.15, 0.2) is 30.3 Å². The van der Waals surface area contributed by atoms with Crippen molar-refractivity contribution in [3.05, 3.63) is 41.6 Å². The molecule has 2 rings (SSSR count). The molecule has 2 N–H and O–H groups in total. The Balaban J connectivity index is 2.03. The lowest BCUT2D eigenvalue weighted by Crippen LogP contribution is -1.99. The van der Waals surface area contributed by atoms with Crippen LogP contribution in [0, 0.1) is 0 Å². The average Bonchev–Trinajstić information content (AvgIpc) is 2.67. The second kappa shape index (κ2) is 5.12. The first-order valence-electron chi connectivity index (χ1n) is 6.07. The highest BCUT2D eigenvalue weighted by molar-refractivity contribution is 5.32. The van der Waals surface area contributed by atoms with Gasteiger partial charge in [0.1, 0.15) is 23.9 Å². The number of nitrogen functional groups attached to an aromatic ring is 1. The van der Waals surface area contributed by atoms with Crippen molar-refractivity contribution in [3.8, 4) is 5.75 Å². The van der Waals surface area contributed by atoms with E-state index in [1.807, 2.05) is 25.2 Å². The number of rotatable bonds is 4. The molecule has 4 nitrogen and oxygen atoms in total. The number of nitrogens with zero attached hydrogens (tertiary/aromatic N) is 2. The minimum Gasteiger partial charge on any atom is -0.487 e. The predicted octanol–water partition coefficient (Wildman–Crippen LogP) is 2.70. The van der Waals surface area contributed by atoms with Crippen LogP contribution >= 0.6 is 0 Å². The molecule has 0 aliphatic rings. The van der Waals surface area contributed by atoms with Crippen molar-refractivity contribution in [2.45, 2.75) is 26.4 Å². The zero-order chi connectivity index (χ0) is 13.1. The highest BCUT2D eigenvalue weighted by atomic mass is 16.5. The van der Waals surface area contributed by atoms with Gasteiger partial charge in [0, 0.05) is 13.1 Å². The maximum Gasteiger partial charge on any atom is 0.132 e. The van der Waals surface area contributed by atoms with Gasteiger partial charge in [-0.05, 0) is 23.6 Å². The monoisotopic (exact) mass is 245 g/mol. The van der Waals surface area contributed by atoms with Crippen LogP contribution in [0.5, 0.6) is 5.75 Å². The lowest BCUT2D eigenvalue weighted by Gasteiger charge is -2.08. The van der Waals surface area contributed by atoms with Gasteiger partial charge >= 0.3 is 0 Å². The Morgan fingerprint density at radius 3 is 2.72 bits per heavy atom. The van der Waals surface area contributed by atoms with Crippen molar-refractivity contribution in [3.63, 3.8) is 0 Å². The number of benzene rings is 1. The van der Waals surface area contributed by atoms with Gasteiger partial charge in [0.05, 0.1) is 0 Å². The molecule has 18 heavy (non-hydrogen) atoms. The van der Waals surface area contributed by atoms with Gasteiger partial charge in [-0.25, -0.2) is 0 Å². The quantitative estimate of drug-likeness (QED) is 0.901. The number of nitrogens with two attached hydrogens (primary N) is 1. The Morgan fingerprint density at radius 2 is 2.11 bits per heavy atom. The summed E-state index contributed by atoms with van der Waals surface area (Å²) in [5, 5.41) is 4.25. The lowest BCUT2D eigenvalue weighted by atomic mass is 10.0. The molecule has 0 unspecified atom stereocenters. The molecule has 1 aromatic heterocycles. The van der Waals surface area contributed by atoms with Crippen molar-refractivity contribution < 1.29 is 4.74 Å². The minimum atomic E-state index is 0.437. The topological polar surface area (TPSA) is 53.1 Å². The SMILES string of the molecule is CC(C)c1cccc(OCc2cc(N)n(C)n2)c1. The molecule has 2 aromatic rings. The van der Waals surface area contributed by atoms with Gasteiger partial charge in [-0.2, -0.15) is 5.10 Å². The fraction of sp³-hybridized carbons (Fsp3) is 0.357. The summed E-state index contributed by atoms with van der Waals surface area (Å²) >= 11 is 0. The van der Waals surface area contributed by atoms with Crippen LogP contribution in [0.2, 0.25) is 0 Å². The summed E-state index contributed by atoms with van der Waals surface area (Å²) < 4.78 is 7.36. The Morgan fingerprint density at radius 1 is 1.33 bits per heavy atom. The zero-order valence-corrected chi connectivity index (χ0v) is 11.1. The summed E-state index contributed by atoms with van der Waals surface area (Å²) in [5.74, 6) is 2.01. The first-order chi connectivity index (χ1) is 8.56. The lowest BCUT2D eigenvalue weighted by molar-refractivity contribution is 0.299. The van der Waals surface area contributed by atoms with E-state index >= 15 is 0 Å². The highest BCUT2D eigenvalue weighted by Crippen LogP contribution is 2.20. The van der Waals surface area contributed by atoms with E-state index < -0.39 is 0 Å². The minimum absolute atomic E-state index is 0.437. The van der Waals surface area contributed by atoms with E-state index in [0.29, 0.717) is 18.3 Å². The molecule has 0 aliphatic heterocycles. The van der Waals surface area contributed by atoms with Crippen LogP contribution in [-0.4, -0.2) is 9.78 Å². The summed E-state index contributed by atoms with van der Waals surface area (Å²) in [7, 11) is 1.82. The zero-order valence-electron chi connectivity index (χ0n) is 11.1. The van der Waals surface area contributed by atoms with Crippen molar-refractivity contribution in [1.29, 1.82) is 0 Å². The Bertz CT molecular complexity index is 512. The second-order valence-corrected chi connectivity index (χ2v) is 4.70. The van der Waals surface area contributed by atoms with E-state index in [2.05, 4.69) is 31.1 Å². The third-order valence-corrected chi connectivity index (χ3v) is 2.88. The van der Waals surface area contributed by atoms with Gasteiger partial charge in [-0.1, -0.05) is 26.0 Å². The van der Waals surface area contributed by atoms with E-state index in [0.717, 1.165) is 11.4 Å². The molecule has 0 atom stereocenters. The predicted molar refractivity (Wildman–Crippen MR) is 72.5 cm³/mol. The Hall–Kier alpha value is -1.97. The molecule has 0 saturated heterocycles. The Labute approximate surface area is 107 Å². The third kappa shape index (κ3) is 2.83. The van der Waals surface area contributed by atoms with Crippen LogP contribution in [0.1, 0.15) is 31.0 Å². The molecule has 0 fully saturated rings. The van der Waals surface area contributed by atoms with Gasteiger partial charge in [-0.3, -0.25) is 4.68 Å². The van der Waals surface area contributed by atoms with Crippen LogP contribution < -0.4 is 10.5 Å². The van der Waals surface area contributed by atoms with Gasteiger partial charge in [-0.15, -0.1) is 0 Å². The number of hydrogen-bond donors (Lipinski definition) is 1. The van der Waals surface area contributed by atoms with E-state index in [1.165, 1.54) is 5.56 Å². The molecule has 0 radical (unpaired) electrons. The first kappa shape index (κ1) is 12.5. The highest BCUT2D eigenvalue weighted by Gasteiger charge is 2.04. The van der Waals surface area contributed by atoms with E-state index in [4.69, 9.17) is 10.5 Å². The average molecular weight is 245 g/mol. The number of aryl methyl sites for hydroxylation is 1. The van der Waals surface area contributed by atoms with E-state index in [1.54, 1.807) is 4.68 Å². The van der Waals surface area contributed by atoms with Crippen molar-refractivity contribution >= 4 is 5.82 Å². The van der Waals surface area contributed by atoms with Gasteiger partial charge in [0.15, 0.2) is 0 Å². The number of anilines is 1. The van der Waals surface area contributed by atoms with Gasteiger partial charge < -0.3 is 10.5 Å².